The molecule has 0 aromatic heterocycles. The van der Waals surface area contributed by atoms with Gasteiger partial charge in [-0.3, -0.25) is 9.59 Å². The molecule has 2 aromatic carbocycles. The molecule has 3 rings (SSSR count). The Morgan fingerprint density at radius 2 is 2.00 bits per heavy atom. The van der Waals surface area contributed by atoms with Gasteiger partial charge in [0.25, 0.3) is 0 Å². The Bertz CT molecular complexity index is 786. The van der Waals surface area contributed by atoms with Gasteiger partial charge in [0.05, 0.1) is 19.1 Å². The first-order chi connectivity index (χ1) is 12.5. The number of amides is 2. The van der Waals surface area contributed by atoms with Gasteiger partial charge in [-0.1, -0.05) is 29.8 Å². The third-order valence-corrected chi connectivity index (χ3v) is 4.40. The second kappa shape index (κ2) is 8.04. The Kier molecular flexibility index (Phi) is 5.56. The molecule has 0 radical (unpaired) electrons. The van der Waals surface area contributed by atoms with Gasteiger partial charge in [-0.05, 0) is 43.7 Å². The van der Waals surface area contributed by atoms with Gasteiger partial charge >= 0.3 is 0 Å². The van der Waals surface area contributed by atoms with Crippen LogP contribution in [0, 0.1) is 6.92 Å². The molecule has 1 unspecified atom stereocenters. The number of aryl methyl sites for hydroxylation is 1. The number of hydrogen-bond acceptors (Lipinski definition) is 3. The number of benzene rings is 2. The third-order valence-electron chi connectivity index (χ3n) is 4.40. The molecule has 2 aromatic rings. The van der Waals surface area contributed by atoms with Crippen LogP contribution in [0.15, 0.2) is 48.5 Å². The molecule has 1 saturated heterocycles. The lowest BCUT2D eigenvalue weighted by molar-refractivity contribution is -0.121. The molecule has 1 aliphatic rings. The molecule has 2 amide bonds. The third kappa shape index (κ3) is 4.42. The summed E-state index contributed by atoms with van der Waals surface area (Å²) in [7, 11) is 0. The molecule has 0 saturated carbocycles. The number of nitrogens with zero attached hydrogens (tertiary/aromatic N) is 1. The quantitative estimate of drug-likeness (QED) is 0.870. The number of ether oxygens (including phenoxy) is 1. The van der Waals surface area contributed by atoms with E-state index in [0.717, 1.165) is 22.6 Å². The molecule has 136 valence electrons. The van der Waals surface area contributed by atoms with Crippen molar-refractivity contribution in [1.29, 1.82) is 0 Å². The number of hydrogen-bond donors (Lipinski definition) is 1. The normalized spacial score (nSPS) is 16.6. The van der Waals surface area contributed by atoms with E-state index in [9.17, 15) is 9.59 Å². The molecule has 0 spiro atoms. The maximum atomic E-state index is 12.3. The van der Waals surface area contributed by atoms with Gasteiger partial charge in [0.2, 0.25) is 11.8 Å². The van der Waals surface area contributed by atoms with Crippen LogP contribution in [0.2, 0.25) is 0 Å². The largest absolute Gasteiger partial charge is 0.494 e. The van der Waals surface area contributed by atoms with E-state index in [1.165, 1.54) is 0 Å². The van der Waals surface area contributed by atoms with Crippen molar-refractivity contribution in [2.24, 2.45) is 0 Å². The topological polar surface area (TPSA) is 58.6 Å². The minimum Gasteiger partial charge on any atom is -0.494 e. The van der Waals surface area contributed by atoms with E-state index < -0.39 is 0 Å². The predicted molar refractivity (Wildman–Crippen MR) is 101 cm³/mol. The summed E-state index contributed by atoms with van der Waals surface area (Å²) in [6, 6.07) is 15.2. The Balaban J connectivity index is 1.58. The summed E-state index contributed by atoms with van der Waals surface area (Å²) in [6.45, 7) is 5.04. The fraction of sp³-hybridized carbons (Fsp3) is 0.333. The van der Waals surface area contributed by atoms with Gasteiger partial charge in [0, 0.05) is 18.7 Å². The monoisotopic (exact) mass is 352 g/mol. The summed E-state index contributed by atoms with van der Waals surface area (Å²) >= 11 is 0. The molecule has 0 aliphatic carbocycles. The lowest BCUT2D eigenvalue weighted by Gasteiger charge is -2.18. The van der Waals surface area contributed by atoms with Crippen LogP contribution in [0.1, 0.15) is 24.5 Å². The van der Waals surface area contributed by atoms with Crippen molar-refractivity contribution in [3.63, 3.8) is 0 Å². The molecule has 1 atom stereocenters. The molecule has 0 bridgehead atoms. The minimum absolute atomic E-state index is 0.0232. The summed E-state index contributed by atoms with van der Waals surface area (Å²) in [5.41, 5.74) is 2.94. The van der Waals surface area contributed by atoms with Crippen molar-refractivity contribution in [3.05, 3.63) is 59.7 Å². The average Bonchev–Trinajstić information content (AvgIpc) is 2.96. The fourth-order valence-corrected chi connectivity index (χ4v) is 3.23. The summed E-state index contributed by atoms with van der Waals surface area (Å²) in [5, 5.41) is 2.98. The SMILES string of the molecule is CCOc1ccc(N2CC(NC(=O)Cc3cccc(C)c3)CC2=O)cc1. The van der Waals surface area contributed by atoms with Crippen LogP contribution >= 0.6 is 0 Å². The van der Waals surface area contributed by atoms with E-state index in [2.05, 4.69) is 5.32 Å². The van der Waals surface area contributed by atoms with E-state index in [1.54, 1.807) is 4.90 Å². The van der Waals surface area contributed by atoms with E-state index >= 15 is 0 Å². The standard InChI is InChI=1S/C21H24N2O3/c1-3-26-19-9-7-18(8-10-19)23-14-17(13-21(23)25)22-20(24)12-16-6-4-5-15(2)11-16/h4-11,17H,3,12-14H2,1-2H3,(H,22,24). The second-order valence-electron chi connectivity index (χ2n) is 6.57. The first-order valence-corrected chi connectivity index (χ1v) is 8.93. The van der Waals surface area contributed by atoms with Crippen LogP contribution in [0.5, 0.6) is 5.75 Å². The summed E-state index contributed by atoms with van der Waals surface area (Å²) in [5.74, 6) is 0.753. The van der Waals surface area contributed by atoms with E-state index in [1.807, 2.05) is 62.4 Å². The second-order valence-corrected chi connectivity index (χ2v) is 6.57. The average molecular weight is 352 g/mol. The van der Waals surface area contributed by atoms with Gasteiger partial charge in [-0.25, -0.2) is 0 Å². The van der Waals surface area contributed by atoms with Crippen molar-refractivity contribution in [1.82, 2.24) is 5.32 Å². The Morgan fingerprint density at radius 1 is 1.23 bits per heavy atom. The highest BCUT2D eigenvalue weighted by molar-refractivity contribution is 5.97. The van der Waals surface area contributed by atoms with Crippen molar-refractivity contribution in [3.8, 4) is 5.75 Å². The van der Waals surface area contributed by atoms with Crippen LogP contribution in [0.4, 0.5) is 5.69 Å². The minimum atomic E-state index is -0.161. The van der Waals surface area contributed by atoms with E-state index in [4.69, 9.17) is 4.74 Å². The maximum absolute atomic E-state index is 12.3. The Morgan fingerprint density at radius 3 is 2.69 bits per heavy atom. The number of nitrogens with one attached hydrogen (secondary N) is 1. The summed E-state index contributed by atoms with van der Waals surface area (Å²) in [4.78, 5) is 26.3. The fourth-order valence-electron chi connectivity index (χ4n) is 3.23. The van der Waals surface area contributed by atoms with Crippen molar-refractivity contribution < 1.29 is 14.3 Å². The highest BCUT2D eigenvalue weighted by atomic mass is 16.5. The first-order valence-electron chi connectivity index (χ1n) is 8.93. The first kappa shape index (κ1) is 18.0. The van der Waals surface area contributed by atoms with Crippen LogP contribution in [0.25, 0.3) is 0 Å². The zero-order chi connectivity index (χ0) is 18.5. The predicted octanol–water partition coefficient (Wildman–Crippen LogP) is 2.86. The Hall–Kier alpha value is -2.82. The molecule has 26 heavy (non-hydrogen) atoms. The lowest BCUT2D eigenvalue weighted by Crippen LogP contribution is -2.38. The molecular formula is C21H24N2O3. The van der Waals surface area contributed by atoms with Gasteiger partial charge in [-0.2, -0.15) is 0 Å². The number of anilines is 1. The maximum Gasteiger partial charge on any atom is 0.229 e. The van der Waals surface area contributed by atoms with Gasteiger partial charge in [0.1, 0.15) is 5.75 Å². The lowest BCUT2D eigenvalue weighted by atomic mass is 10.1. The molecule has 1 heterocycles. The number of carbonyl (C=O) groups is 2. The van der Waals surface area contributed by atoms with Gasteiger partial charge in [-0.15, -0.1) is 0 Å². The molecule has 1 aliphatic heterocycles. The summed E-state index contributed by atoms with van der Waals surface area (Å²) < 4.78 is 5.43. The van der Waals surface area contributed by atoms with Crippen LogP contribution in [0.3, 0.4) is 0 Å². The number of carbonyl (C=O) groups excluding carboxylic acids is 2. The molecule has 1 fully saturated rings. The molecule has 1 N–H and O–H groups in total. The molecule has 5 heteroatoms. The highest BCUT2D eigenvalue weighted by Crippen LogP contribution is 2.24. The van der Waals surface area contributed by atoms with Crippen LogP contribution in [-0.2, 0) is 16.0 Å². The van der Waals surface area contributed by atoms with Gasteiger partial charge < -0.3 is 15.0 Å². The Labute approximate surface area is 154 Å². The number of rotatable bonds is 6. The molecular weight excluding hydrogens is 328 g/mol. The van der Waals surface area contributed by atoms with E-state index in [-0.39, 0.29) is 17.9 Å². The van der Waals surface area contributed by atoms with Gasteiger partial charge in [0.15, 0.2) is 0 Å². The highest BCUT2D eigenvalue weighted by Gasteiger charge is 2.31. The van der Waals surface area contributed by atoms with Crippen molar-refractivity contribution in [2.75, 3.05) is 18.1 Å². The summed E-state index contributed by atoms with van der Waals surface area (Å²) in [6.07, 6.45) is 0.655. The van der Waals surface area contributed by atoms with Crippen molar-refractivity contribution in [2.45, 2.75) is 32.7 Å². The zero-order valence-corrected chi connectivity index (χ0v) is 15.2. The van der Waals surface area contributed by atoms with Crippen LogP contribution < -0.4 is 15.0 Å². The van der Waals surface area contributed by atoms with Crippen LogP contribution in [-0.4, -0.2) is 31.0 Å². The van der Waals surface area contributed by atoms with E-state index in [0.29, 0.717) is 26.0 Å². The molecule has 5 nitrogen and oxygen atoms in total. The zero-order valence-electron chi connectivity index (χ0n) is 15.2. The smallest absolute Gasteiger partial charge is 0.229 e. The van der Waals surface area contributed by atoms with Crippen molar-refractivity contribution >= 4 is 17.5 Å².